The first kappa shape index (κ1) is 16.5. The van der Waals surface area contributed by atoms with Crippen LogP contribution in [0.5, 0.6) is 0 Å². The lowest BCUT2D eigenvalue weighted by Gasteiger charge is -2.23. The van der Waals surface area contributed by atoms with Gasteiger partial charge in [0.2, 0.25) is 0 Å². The van der Waals surface area contributed by atoms with E-state index in [4.69, 9.17) is 4.52 Å². The predicted molar refractivity (Wildman–Crippen MR) is 97.5 cm³/mol. The number of likely N-dealkylation sites (tertiary alicyclic amines) is 1. The number of benzene rings is 2. The number of nitrogens with zero attached hydrogens (tertiary/aromatic N) is 2. The van der Waals surface area contributed by atoms with Crippen molar-refractivity contribution in [1.29, 1.82) is 0 Å². The molecule has 1 aliphatic heterocycles. The zero-order valence-corrected chi connectivity index (χ0v) is 14.6. The van der Waals surface area contributed by atoms with Gasteiger partial charge < -0.3 is 14.5 Å². The van der Waals surface area contributed by atoms with E-state index in [0.29, 0.717) is 24.3 Å². The number of rotatable bonds is 3. The van der Waals surface area contributed by atoms with Crippen LogP contribution >= 0.6 is 0 Å². The minimum atomic E-state index is -1.02. The van der Waals surface area contributed by atoms with E-state index < -0.39 is 5.60 Å². The number of hydrogen-bond donors (Lipinski definition) is 1. The van der Waals surface area contributed by atoms with Crippen molar-refractivity contribution < 1.29 is 14.4 Å². The van der Waals surface area contributed by atoms with Crippen molar-refractivity contribution in [2.75, 3.05) is 13.1 Å². The Bertz CT molecular complexity index is 918. The molecule has 1 aromatic heterocycles. The summed E-state index contributed by atoms with van der Waals surface area (Å²) >= 11 is 0. The van der Waals surface area contributed by atoms with Crippen molar-refractivity contribution in [2.45, 2.75) is 18.9 Å². The summed E-state index contributed by atoms with van der Waals surface area (Å²) in [5.41, 5.74) is 2.19. The van der Waals surface area contributed by atoms with Crippen molar-refractivity contribution in [1.82, 2.24) is 10.1 Å². The van der Waals surface area contributed by atoms with Crippen LogP contribution in [0.3, 0.4) is 0 Å². The van der Waals surface area contributed by atoms with E-state index >= 15 is 0 Å². The van der Waals surface area contributed by atoms with E-state index in [2.05, 4.69) is 5.16 Å². The third-order valence-corrected chi connectivity index (χ3v) is 4.96. The van der Waals surface area contributed by atoms with Gasteiger partial charge in [0.25, 0.3) is 5.91 Å². The molecule has 1 amide bonds. The average Bonchev–Trinajstić information content (AvgIpc) is 3.30. The van der Waals surface area contributed by atoms with Gasteiger partial charge in [0.05, 0.1) is 12.7 Å². The number of aliphatic hydroxyl groups is 1. The molecular formula is C21H20N2O3. The van der Waals surface area contributed by atoms with Gasteiger partial charge in [-0.15, -0.1) is 0 Å². The molecule has 1 fully saturated rings. The minimum absolute atomic E-state index is 0.173. The van der Waals surface area contributed by atoms with Crippen LogP contribution in [-0.4, -0.2) is 34.2 Å². The molecule has 2 heterocycles. The fourth-order valence-corrected chi connectivity index (χ4v) is 3.43. The zero-order valence-electron chi connectivity index (χ0n) is 14.6. The minimum Gasteiger partial charge on any atom is -0.383 e. The zero-order chi connectivity index (χ0) is 18.1. The highest BCUT2D eigenvalue weighted by atomic mass is 16.5. The predicted octanol–water partition coefficient (Wildman–Crippen LogP) is 3.38. The molecule has 4 rings (SSSR count). The molecule has 3 aromatic rings. The van der Waals surface area contributed by atoms with Crippen LogP contribution in [0.4, 0.5) is 0 Å². The molecule has 5 heteroatoms. The lowest BCUT2D eigenvalue weighted by Crippen LogP contribution is -2.34. The lowest BCUT2D eigenvalue weighted by atomic mass is 9.93. The summed E-state index contributed by atoms with van der Waals surface area (Å²) < 4.78 is 5.35. The Labute approximate surface area is 151 Å². The van der Waals surface area contributed by atoms with Gasteiger partial charge in [-0.3, -0.25) is 4.79 Å². The summed E-state index contributed by atoms with van der Waals surface area (Å²) in [7, 11) is 0. The fraction of sp³-hybridized carbons (Fsp3) is 0.238. The van der Waals surface area contributed by atoms with Crippen LogP contribution in [0.1, 0.15) is 27.9 Å². The van der Waals surface area contributed by atoms with Gasteiger partial charge in [-0.2, -0.15) is 0 Å². The van der Waals surface area contributed by atoms with E-state index in [1.807, 2.05) is 61.5 Å². The molecule has 0 bridgehead atoms. The van der Waals surface area contributed by atoms with Crippen LogP contribution in [0.15, 0.2) is 65.3 Å². The maximum Gasteiger partial charge on any atom is 0.259 e. The maximum absolute atomic E-state index is 13.0. The number of aromatic nitrogens is 1. The molecule has 1 N–H and O–H groups in total. The lowest BCUT2D eigenvalue weighted by molar-refractivity contribution is 0.0417. The molecule has 26 heavy (non-hydrogen) atoms. The van der Waals surface area contributed by atoms with E-state index in [0.717, 1.165) is 16.7 Å². The number of hydrogen-bond acceptors (Lipinski definition) is 4. The molecule has 0 aliphatic carbocycles. The van der Waals surface area contributed by atoms with Gasteiger partial charge in [-0.1, -0.05) is 65.3 Å². The summed E-state index contributed by atoms with van der Waals surface area (Å²) in [5.74, 6) is 0.291. The van der Waals surface area contributed by atoms with Gasteiger partial charge in [0.15, 0.2) is 5.76 Å². The van der Waals surface area contributed by atoms with Gasteiger partial charge in [0.1, 0.15) is 11.2 Å². The fourth-order valence-electron chi connectivity index (χ4n) is 3.43. The van der Waals surface area contributed by atoms with Crippen molar-refractivity contribution >= 4 is 5.91 Å². The Morgan fingerprint density at radius 3 is 2.62 bits per heavy atom. The monoisotopic (exact) mass is 348 g/mol. The quantitative estimate of drug-likeness (QED) is 0.788. The molecule has 1 saturated heterocycles. The topological polar surface area (TPSA) is 66.6 Å². The number of carbonyl (C=O) groups excluding carboxylic acids is 1. The summed E-state index contributed by atoms with van der Waals surface area (Å²) in [5, 5.41) is 14.8. The standard InChI is InChI=1S/C21H20N2O3/c1-15-7-9-16(10-8-15)19-18(13-22-26-19)20(24)23-12-11-21(25,14-23)17-5-3-2-4-6-17/h2-10,13,25H,11-12,14H2,1H3. The smallest absolute Gasteiger partial charge is 0.259 e. The Kier molecular flexibility index (Phi) is 4.09. The molecule has 1 atom stereocenters. The van der Waals surface area contributed by atoms with Crippen LogP contribution in [0.25, 0.3) is 11.3 Å². The first-order valence-electron chi connectivity index (χ1n) is 8.66. The van der Waals surface area contributed by atoms with Gasteiger partial charge in [-0.05, 0) is 18.9 Å². The Morgan fingerprint density at radius 2 is 1.88 bits per heavy atom. The molecule has 0 spiro atoms. The number of amides is 1. The van der Waals surface area contributed by atoms with Gasteiger partial charge in [-0.25, -0.2) is 0 Å². The average molecular weight is 348 g/mol. The van der Waals surface area contributed by atoms with Crippen molar-refractivity contribution in [2.24, 2.45) is 0 Å². The molecule has 1 aliphatic rings. The molecule has 5 nitrogen and oxygen atoms in total. The van der Waals surface area contributed by atoms with Crippen molar-refractivity contribution in [3.63, 3.8) is 0 Å². The number of β-amino-alcohol motifs (C(OH)–C–C–N with tert-alkyl or cyclic N) is 1. The molecule has 2 aromatic carbocycles. The van der Waals surface area contributed by atoms with E-state index in [1.54, 1.807) is 4.90 Å². The summed E-state index contributed by atoms with van der Waals surface area (Å²) in [6.45, 7) is 2.75. The highest BCUT2D eigenvalue weighted by molar-refractivity contribution is 5.99. The second kappa shape index (κ2) is 6.42. The van der Waals surface area contributed by atoms with Crippen LogP contribution in [-0.2, 0) is 5.60 Å². The molecule has 1 unspecified atom stereocenters. The first-order valence-corrected chi connectivity index (χ1v) is 8.66. The molecule has 0 saturated carbocycles. The molecule has 0 radical (unpaired) electrons. The van der Waals surface area contributed by atoms with Crippen LogP contribution < -0.4 is 0 Å². The summed E-state index contributed by atoms with van der Waals surface area (Å²) in [6, 6.07) is 17.3. The maximum atomic E-state index is 13.0. The highest BCUT2D eigenvalue weighted by Gasteiger charge is 2.40. The Balaban J connectivity index is 1.58. The Morgan fingerprint density at radius 1 is 1.15 bits per heavy atom. The summed E-state index contributed by atoms with van der Waals surface area (Å²) in [6.07, 6.45) is 1.96. The van der Waals surface area contributed by atoms with E-state index in [1.165, 1.54) is 6.20 Å². The van der Waals surface area contributed by atoms with Crippen molar-refractivity contribution in [3.05, 3.63) is 77.5 Å². The second-order valence-corrected chi connectivity index (χ2v) is 6.81. The normalized spacial score (nSPS) is 19.7. The van der Waals surface area contributed by atoms with Crippen LogP contribution in [0, 0.1) is 6.92 Å². The summed E-state index contributed by atoms with van der Waals surface area (Å²) in [4.78, 5) is 14.7. The highest BCUT2D eigenvalue weighted by Crippen LogP contribution is 2.34. The van der Waals surface area contributed by atoms with Gasteiger partial charge >= 0.3 is 0 Å². The molecular weight excluding hydrogens is 328 g/mol. The second-order valence-electron chi connectivity index (χ2n) is 6.81. The Hall–Kier alpha value is -2.92. The van der Waals surface area contributed by atoms with Crippen molar-refractivity contribution in [3.8, 4) is 11.3 Å². The van der Waals surface area contributed by atoms with E-state index in [9.17, 15) is 9.90 Å². The van der Waals surface area contributed by atoms with Crippen LogP contribution in [0.2, 0.25) is 0 Å². The SMILES string of the molecule is Cc1ccc(-c2oncc2C(=O)N2CCC(O)(c3ccccc3)C2)cc1. The third kappa shape index (κ3) is 2.91. The number of carbonyl (C=O) groups is 1. The van der Waals surface area contributed by atoms with E-state index in [-0.39, 0.29) is 12.5 Å². The van der Waals surface area contributed by atoms with Gasteiger partial charge in [0, 0.05) is 12.1 Å². The first-order chi connectivity index (χ1) is 12.6. The number of aryl methyl sites for hydroxylation is 1. The third-order valence-electron chi connectivity index (χ3n) is 4.96. The largest absolute Gasteiger partial charge is 0.383 e. The molecule has 132 valence electrons.